The lowest BCUT2D eigenvalue weighted by Crippen LogP contribution is -2.19. The molecular weight excluding hydrogens is 210 g/mol. The summed E-state index contributed by atoms with van der Waals surface area (Å²) in [7, 11) is 0. The molecule has 0 fully saturated rings. The minimum absolute atomic E-state index is 0.442. The van der Waals surface area contributed by atoms with Crippen molar-refractivity contribution < 1.29 is 10.2 Å². The van der Waals surface area contributed by atoms with Crippen LogP contribution in [0.4, 0.5) is 5.69 Å². The smallest absolute Gasteiger partial charge is 0.107 e. The van der Waals surface area contributed by atoms with Gasteiger partial charge in [-0.3, -0.25) is 0 Å². The molecular formula is C11H17NO2S. The Morgan fingerprint density at radius 1 is 1.40 bits per heavy atom. The zero-order chi connectivity index (χ0) is 11.4. The number of thiol groups is 1. The van der Waals surface area contributed by atoms with Gasteiger partial charge in [0.25, 0.3) is 0 Å². The maximum Gasteiger partial charge on any atom is 0.107 e. The Labute approximate surface area is 95.3 Å². The Morgan fingerprint density at radius 3 is 2.60 bits per heavy atom. The fourth-order valence-electron chi connectivity index (χ4n) is 1.46. The Balaban J connectivity index is 2.86. The fraction of sp³-hybridized carbons (Fsp3) is 0.455. The third kappa shape index (κ3) is 3.12. The summed E-state index contributed by atoms with van der Waals surface area (Å²) >= 11 is 4.01. The topological polar surface area (TPSA) is 66.5 Å². The van der Waals surface area contributed by atoms with Crippen LogP contribution in [0.3, 0.4) is 0 Å². The van der Waals surface area contributed by atoms with Crippen molar-refractivity contribution in [3.05, 3.63) is 29.3 Å². The van der Waals surface area contributed by atoms with Gasteiger partial charge in [-0.05, 0) is 30.7 Å². The maximum absolute atomic E-state index is 9.83. The number of nitrogens with two attached hydrogens (primary N) is 1. The zero-order valence-electron chi connectivity index (χ0n) is 8.72. The highest BCUT2D eigenvalue weighted by Crippen LogP contribution is 2.25. The number of rotatable bonds is 4. The Bertz CT molecular complexity index is 330. The Hall–Kier alpha value is -0.710. The van der Waals surface area contributed by atoms with Crippen molar-refractivity contribution in [1.29, 1.82) is 0 Å². The van der Waals surface area contributed by atoms with E-state index in [1.807, 2.05) is 13.0 Å². The first-order chi connectivity index (χ1) is 7.06. The molecule has 1 rings (SSSR count). The highest BCUT2D eigenvalue weighted by Gasteiger charge is 2.19. The number of anilines is 1. The average molecular weight is 227 g/mol. The standard InChI is InChI=1S/C11H17NO2S/c1-7-2-3-8(9(12)6-7)11(14)10(13)4-5-15/h2-3,6,10-11,13-15H,4-5,12H2,1H3. The molecule has 84 valence electrons. The second kappa shape index (κ2) is 5.39. The van der Waals surface area contributed by atoms with Crippen molar-refractivity contribution in [3.8, 4) is 0 Å². The van der Waals surface area contributed by atoms with Gasteiger partial charge in [-0.2, -0.15) is 12.6 Å². The predicted octanol–water partition coefficient (Wildman–Crippen LogP) is 1.29. The van der Waals surface area contributed by atoms with E-state index in [-0.39, 0.29) is 0 Å². The van der Waals surface area contributed by atoms with E-state index in [4.69, 9.17) is 5.73 Å². The van der Waals surface area contributed by atoms with Crippen LogP contribution in [0.25, 0.3) is 0 Å². The van der Waals surface area contributed by atoms with Crippen LogP contribution in [0.1, 0.15) is 23.7 Å². The van der Waals surface area contributed by atoms with Gasteiger partial charge in [0, 0.05) is 11.3 Å². The van der Waals surface area contributed by atoms with E-state index >= 15 is 0 Å². The van der Waals surface area contributed by atoms with Crippen LogP contribution < -0.4 is 5.73 Å². The molecule has 0 saturated heterocycles. The van der Waals surface area contributed by atoms with Crippen LogP contribution in [0, 0.1) is 6.92 Å². The molecule has 0 heterocycles. The monoisotopic (exact) mass is 227 g/mol. The molecule has 0 amide bonds. The van der Waals surface area contributed by atoms with Crippen molar-refractivity contribution in [1.82, 2.24) is 0 Å². The van der Waals surface area contributed by atoms with E-state index in [0.29, 0.717) is 23.4 Å². The fourth-order valence-corrected chi connectivity index (χ4v) is 1.73. The maximum atomic E-state index is 9.83. The van der Waals surface area contributed by atoms with E-state index < -0.39 is 12.2 Å². The summed E-state index contributed by atoms with van der Waals surface area (Å²) in [4.78, 5) is 0. The average Bonchev–Trinajstić information content (AvgIpc) is 2.17. The molecule has 0 aliphatic rings. The molecule has 0 aliphatic heterocycles. The van der Waals surface area contributed by atoms with Gasteiger partial charge in [-0.25, -0.2) is 0 Å². The molecule has 0 saturated carbocycles. The van der Waals surface area contributed by atoms with Crippen molar-refractivity contribution >= 4 is 18.3 Å². The molecule has 4 N–H and O–H groups in total. The first-order valence-electron chi connectivity index (χ1n) is 4.89. The molecule has 0 radical (unpaired) electrons. The third-order valence-electron chi connectivity index (χ3n) is 2.35. The van der Waals surface area contributed by atoms with Crippen molar-refractivity contribution in [2.24, 2.45) is 0 Å². The van der Waals surface area contributed by atoms with Crippen LogP contribution in [-0.4, -0.2) is 22.1 Å². The molecule has 1 aromatic carbocycles. The number of nitrogen functional groups attached to an aromatic ring is 1. The highest BCUT2D eigenvalue weighted by atomic mass is 32.1. The predicted molar refractivity (Wildman–Crippen MR) is 65.0 cm³/mol. The van der Waals surface area contributed by atoms with Crippen LogP contribution >= 0.6 is 12.6 Å². The highest BCUT2D eigenvalue weighted by molar-refractivity contribution is 7.80. The van der Waals surface area contributed by atoms with Gasteiger partial charge in [0.05, 0.1) is 6.10 Å². The van der Waals surface area contributed by atoms with Gasteiger partial charge in [-0.1, -0.05) is 12.1 Å². The number of aliphatic hydroxyl groups is 2. The number of benzene rings is 1. The summed E-state index contributed by atoms with van der Waals surface area (Å²) < 4.78 is 0. The quantitative estimate of drug-likeness (QED) is 0.463. The molecule has 15 heavy (non-hydrogen) atoms. The molecule has 0 aromatic heterocycles. The number of hydrogen-bond donors (Lipinski definition) is 4. The molecule has 0 bridgehead atoms. The molecule has 3 nitrogen and oxygen atoms in total. The summed E-state index contributed by atoms with van der Waals surface area (Å²) in [6.07, 6.45) is -1.30. The summed E-state index contributed by atoms with van der Waals surface area (Å²) in [5.74, 6) is 0.532. The van der Waals surface area contributed by atoms with Crippen molar-refractivity contribution in [2.45, 2.75) is 25.6 Å². The number of aryl methyl sites for hydroxylation is 1. The molecule has 0 aliphatic carbocycles. The van der Waals surface area contributed by atoms with E-state index in [0.717, 1.165) is 5.56 Å². The Morgan fingerprint density at radius 2 is 2.07 bits per heavy atom. The van der Waals surface area contributed by atoms with E-state index in [1.54, 1.807) is 12.1 Å². The van der Waals surface area contributed by atoms with Gasteiger partial charge in [0.15, 0.2) is 0 Å². The first kappa shape index (κ1) is 12.4. The molecule has 0 spiro atoms. The SMILES string of the molecule is Cc1ccc(C(O)C(O)CCS)c(N)c1. The van der Waals surface area contributed by atoms with Gasteiger partial charge < -0.3 is 15.9 Å². The number of aliphatic hydroxyl groups excluding tert-OH is 2. The summed E-state index contributed by atoms with van der Waals surface area (Å²) in [5, 5.41) is 19.4. The van der Waals surface area contributed by atoms with Crippen molar-refractivity contribution in [3.63, 3.8) is 0 Å². The lowest BCUT2D eigenvalue weighted by molar-refractivity contribution is 0.0177. The van der Waals surface area contributed by atoms with Gasteiger partial charge in [0.1, 0.15) is 6.10 Å². The molecule has 4 heteroatoms. The third-order valence-corrected chi connectivity index (χ3v) is 2.61. The van der Waals surface area contributed by atoms with Crippen LogP contribution in [-0.2, 0) is 0 Å². The lowest BCUT2D eigenvalue weighted by atomic mass is 9.99. The van der Waals surface area contributed by atoms with Gasteiger partial charge in [-0.15, -0.1) is 0 Å². The van der Waals surface area contributed by atoms with E-state index in [9.17, 15) is 10.2 Å². The van der Waals surface area contributed by atoms with Crippen molar-refractivity contribution in [2.75, 3.05) is 11.5 Å². The number of hydrogen-bond acceptors (Lipinski definition) is 4. The molecule has 2 unspecified atom stereocenters. The minimum Gasteiger partial charge on any atom is -0.398 e. The lowest BCUT2D eigenvalue weighted by Gasteiger charge is -2.19. The largest absolute Gasteiger partial charge is 0.398 e. The zero-order valence-corrected chi connectivity index (χ0v) is 9.61. The molecule has 2 atom stereocenters. The second-order valence-corrected chi connectivity index (χ2v) is 4.10. The first-order valence-corrected chi connectivity index (χ1v) is 5.52. The van der Waals surface area contributed by atoms with Gasteiger partial charge in [0.2, 0.25) is 0 Å². The van der Waals surface area contributed by atoms with E-state index in [2.05, 4.69) is 12.6 Å². The normalized spacial score (nSPS) is 14.9. The summed E-state index contributed by atoms with van der Waals surface area (Å²) in [5.41, 5.74) is 7.89. The van der Waals surface area contributed by atoms with Crippen LogP contribution in [0.15, 0.2) is 18.2 Å². The van der Waals surface area contributed by atoms with Gasteiger partial charge >= 0.3 is 0 Å². The van der Waals surface area contributed by atoms with Crippen LogP contribution in [0.5, 0.6) is 0 Å². The van der Waals surface area contributed by atoms with E-state index in [1.165, 1.54) is 0 Å². The Kier molecular flexibility index (Phi) is 4.45. The second-order valence-electron chi connectivity index (χ2n) is 3.66. The summed E-state index contributed by atoms with van der Waals surface area (Å²) in [6.45, 7) is 1.93. The van der Waals surface area contributed by atoms with Crippen LogP contribution in [0.2, 0.25) is 0 Å². The molecule has 1 aromatic rings. The summed E-state index contributed by atoms with van der Waals surface area (Å²) in [6, 6.07) is 5.39. The minimum atomic E-state index is -0.933.